The first-order chi connectivity index (χ1) is 9.51. The number of rotatable bonds is 6. The Labute approximate surface area is 119 Å². The molecule has 0 spiro atoms. The number of amides is 1. The van der Waals surface area contributed by atoms with E-state index in [2.05, 4.69) is 5.32 Å². The van der Waals surface area contributed by atoms with Crippen LogP contribution in [0.1, 0.15) is 31.9 Å². The summed E-state index contributed by atoms with van der Waals surface area (Å²) in [5.74, 6) is -0.816. The van der Waals surface area contributed by atoms with Crippen molar-refractivity contribution in [1.82, 2.24) is 5.32 Å². The number of hydrogen-bond donors (Lipinski definition) is 2. The summed E-state index contributed by atoms with van der Waals surface area (Å²) >= 11 is 0. The molecule has 1 aromatic rings. The highest BCUT2D eigenvalue weighted by molar-refractivity contribution is 5.88. The molecule has 0 heterocycles. The lowest BCUT2D eigenvalue weighted by Crippen LogP contribution is -2.47. The van der Waals surface area contributed by atoms with Gasteiger partial charge in [0.2, 0.25) is 5.91 Å². The predicted octanol–water partition coefficient (Wildman–Crippen LogP) is 1.39. The third kappa shape index (κ3) is 4.06. The van der Waals surface area contributed by atoms with Gasteiger partial charge in [0.15, 0.2) is 6.04 Å². The molecule has 5 heteroatoms. The van der Waals surface area contributed by atoms with E-state index in [1.807, 2.05) is 19.9 Å². The molecule has 1 aromatic carbocycles. The highest BCUT2D eigenvalue weighted by Gasteiger charge is 2.27. The van der Waals surface area contributed by atoms with Gasteiger partial charge in [0.05, 0.1) is 13.2 Å². The molecule has 110 valence electrons. The Morgan fingerprint density at radius 2 is 1.90 bits per heavy atom. The minimum absolute atomic E-state index is 0.0454. The van der Waals surface area contributed by atoms with Gasteiger partial charge in [0.25, 0.3) is 0 Å². The average molecular weight is 278 g/mol. The quantitative estimate of drug-likeness (QED) is 0.770. The minimum Gasteiger partial charge on any atom is -0.467 e. The van der Waals surface area contributed by atoms with E-state index >= 15 is 0 Å². The number of carbonyl (C=O) groups excluding carboxylic acids is 2. The molecule has 20 heavy (non-hydrogen) atoms. The maximum Gasteiger partial charge on any atom is 0.333 e. The van der Waals surface area contributed by atoms with Crippen LogP contribution in [-0.2, 0) is 14.3 Å². The van der Waals surface area contributed by atoms with Crippen molar-refractivity contribution in [3.8, 4) is 0 Å². The van der Waals surface area contributed by atoms with Crippen LogP contribution in [0.3, 0.4) is 0 Å². The summed E-state index contributed by atoms with van der Waals surface area (Å²) in [5.41, 5.74) is 6.55. The lowest BCUT2D eigenvalue weighted by atomic mass is 9.98. The van der Waals surface area contributed by atoms with Crippen molar-refractivity contribution >= 4 is 11.9 Å². The van der Waals surface area contributed by atoms with Crippen LogP contribution in [-0.4, -0.2) is 25.0 Å². The molecule has 0 aliphatic heterocycles. The van der Waals surface area contributed by atoms with Gasteiger partial charge in [-0.15, -0.1) is 0 Å². The van der Waals surface area contributed by atoms with Gasteiger partial charge in [0, 0.05) is 0 Å². The highest BCUT2D eigenvalue weighted by atomic mass is 16.5. The van der Waals surface area contributed by atoms with Crippen LogP contribution in [0, 0.1) is 5.92 Å². The molecular formula is C15H22N2O3. The largest absolute Gasteiger partial charge is 0.467 e. The van der Waals surface area contributed by atoms with Crippen LogP contribution in [0.5, 0.6) is 0 Å². The molecule has 0 saturated heterocycles. The fraction of sp³-hybridized carbons (Fsp3) is 0.467. The Bertz CT molecular complexity index is 448. The number of carbonyl (C=O) groups is 2. The van der Waals surface area contributed by atoms with Gasteiger partial charge in [0.1, 0.15) is 0 Å². The topological polar surface area (TPSA) is 81.4 Å². The molecule has 0 aliphatic carbocycles. The standard InChI is InChI=1S/C15H22N2O3/c1-4-10(2)12(16)14(18)17-13(15(19)20-3)11-8-6-5-7-9-11/h5-10,12-13H,4,16H2,1-3H3,(H,17,18)/t10?,12-,13?/m0/s1. The maximum absolute atomic E-state index is 12.1. The van der Waals surface area contributed by atoms with Crippen LogP contribution in [0.25, 0.3) is 0 Å². The van der Waals surface area contributed by atoms with Crippen molar-refractivity contribution < 1.29 is 14.3 Å². The van der Waals surface area contributed by atoms with Crippen molar-refractivity contribution in [2.45, 2.75) is 32.4 Å². The molecule has 1 rings (SSSR count). The Balaban J connectivity index is 2.87. The summed E-state index contributed by atoms with van der Waals surface area (Å²) in [5, 5.41) is 2.66. The second-order valence-corrected chi connectivity index (χ2v) is 4.79. The first kappa shape index (κ1) is 16.2. The van der Waals surface area contributed by atoms with Crippen LogP contribution >= 0.6 is 0 Å². The summed E-state index contributed by atoms with van der Waals surface area (Å²) in [6.45, 7) is 3.87. The van der Waals surface area contributed by atoms with E-state index < -0.39 is 18.1 Å². The van der Waals surface area contributed by atoms with Crippen LogP contribution in [0.15, 0.2) is 30.3 Å². The zero-order chi connectivity index (χ0) is 15.1. The SMILES string of the molecule is CCC(C)[C@H](N)C(=O)NC(C(=O)OC)c1ccccc1. The smallest absolute Gasteiger partial charge is 0.333 e. The highest BCUT2D eigenvalue weighted by Crippen LogP contribution is 2.15. The summed E-state index contributed by atoms with van der Waals surface area (Å²) in [4.78, 5) is 23.9. The van der Waals surface area contributed by atoms with E-state index in [4.69, 9.17) is 10.5 Å². The minimum atomic E-state index is -0.830. The Morgan fingerprint density at radius 3 is 2.40 bits per heavy atom. The van der Waals surface area contributed by atoms with Gasteiger partial charge in [-0.2, -0.15) is 0 Å². The molecule has 3 atom stereocenters. The third-order valence-electron chi connectivity index (χ3n) is 3.42. The fourth-order valence-electron chi connectivity index (χ4n) is 1.79. The van der Waals surface area contributed by atoms with E-state index in [1.165, 1.54) is 7.11 Å². The average Bonchev–Trinajstić information content (AvgIpc) is 2.50. The van der Waals surface area contributed by atoms with Gasteiger partial charge in [-0.3, -0.25) is 4.79 Å². The Kier molecular flexibility index (Phi) is 6.18. The molecule has 0 bridgehead atoms. The molecule has 0 aliphatic rings. The second-order valence-electron chi connectivity index (χ2n) is 4.79. The number of hydrogen-bond acceptors (Lipinski definition) is 4. The zero-order valence-electron chi connectivity index (χ0n) is 12.1. The Morgan fingerprint density at radius 1 is 1.30 bits per heavy atom. The summed E-state index contributed by atoms with van der Waals surface area (Å²) in [7, 11) is 1.29. The molecular weight excluding hydrogens is 256 g/mol. The molecule has 0 saturated carbocycles. The summed E-state index contributed by atoms with van der Waals surface area (Å²) in [6, 6.07) is 7.48. The molecule has 0 radical (unpaired) electrons. The maximum atomic E-state index is 12.1. The van der Waals surface area contributed by atoms with E-state index in [-0.39, 0.29) is 11.8 Å². The lowest BCUT2D eigenvalue weighted by Gasteiger charge is -2.22. The van der Waals surface area contributed by atoms with Gasteiger partial charge in [-0.25, -0.2) is 4.79 Å². The molecule has 0 fully saturated rings. The van der Waals surface area contributed by atoms with Gasteiger partial charge >= 0.3 is 5.97 Å². The van der Waals surface area contributed by atoms with E-state index in [0.29, 0.717) is 5.56 Å². The molecule has 1 amide bonds. The fourth-order valence-corrected chi connectivity index (χ4v) is 1.79. The lowest BCUT2D eigenvalue weighted by molar-refractivity contribution is -0.145. The van der Waals surface area contributed by atoms with Crippen LogP contribution < -0.4 is 11.1 Å². The normalized spacial score (nSPS) is 15.0. The van der Waals surface area contributed by atoms with E-state index in [0.717, 1.165) is 6.42 Å². The molecule has 0 aromatic heterocycles. The van der Waals surface area contributed by atoms with Crippen molar-refractivity contribution in [2.75, 3.05) is 7.11 Å². The molecule has 5 nitrogen and oxygen atoms in total. The van der Waals surface area contributed by atoms with E-state index in [1.54, 1.807) is 24.3 Å². The van der Waals surface area contributed by atoms with Gasteiger partial charge in [-0.05, 0) is 11.5 Å². The monoisotopic (exact) mass is 278 g/mol. The van der Waals surface area contributed by atoms with E-state index in [9.17, 15) is 9.59 Å². The van der Waals surface area contributed by atoms with Crippen molar-refractivity contribution in [3.05, 3.63) is 35.9 Å². The first-order valence-corrected chi connectivity index (χ1v) is 6.70. The zero-order valence-corrected chi connectivity index (χ0v) is 12.1. The number of nitrogens with two attached hydrogens (primary N) is 1. The number of ether oxygens (including phenoxy) is 1. The number of benzene rings is 1. The second kappa shape index (κ2) is 7.65. The number of esters is 1. The number of methoxy groups -OCH3 is 1. The molecule has 2 unspecified atom stereocenters. The molecule has 3 N–H and O–H groups in total. The summed E-state index contributed by atoms with van der Waals surface area (Å²) < 4.78 is 4.74. The Hall–Kier alpha value is -1.88. The van der Waals surface area contributed by atoms with Crippen molar-refractivity contribution in [3.63, 3.8) is 0 Å². The van der Waals surface area contributed by atoms with Crippen LogP contribution in [0.2, 0.25) is 0 Å². The van der Waals surface area contributed by atoms with Crippen molar-refractivity contribution in [1.29, 1.82) is 0 Å². The van der Waals surface area contributed by atoms with Crippen LogP contribution in [0.4, 0.5) is 0 Å². The first-order valence-electron chi connectivity index (χ1n) is 6.70. The summed E-state index contributed by atoms with van der Waals surface area (Å²) in [6.07, 6.45) is 0.794. The third-order valence-corrected chi connectivity index (χ3v) is 3.42. The van der Waals surface area contributed by atoms with Gasteiger partial charge in [-0.1, -0.05) is 50.6 Å². The predicted molar refractivity (Wildman–Crippen MR) is 76.8 cm³/mol. The van der Waals surface area contributed by atoms with Gasteiger partial charge < -0.3 is 15.8 Å². The van der Waals surface area contributed by atoms with Crippen molar-refractivity contribution in [2.24, 2.45) is 11.7 Å². The number of nitrogens with one attached hydrogen (secondary N) is 1.